The molecule has 0 radical (unpaired) electrons. The van der Waals surface area contributed by atoms with Gasteiger partial charge in [-0.2, -0.15) is 0 Å². The van der Waals surface area contributed by atoms with Crippen LogP contribution in [0.2, 0.25) is 0 Å². The molecule has 0 saturated heterocycles. The zero-order valence-electron chi connectivity index (χ0n) is 13.4. The minimum atomic E-state index is -1.31. The molecule has 0 saturated carbocycles. The molecule has 0 aliphatic heterocycles. The van der Waals surface area contributed by atoms with Crippen molar-refractivity contribution in [3.8, 4) is 11.5 Å². The smallest absolute Gasteiger partial charge is 0.339 e. The number of carbonyl (C=O) groups excluding carboxylic acids is 2. The van der Waals surface area contributed by atoms with Crippen molar-refractivity contribution in [3.63, 3.8) is 0 Å². The standard InChI is InChI=1S/C17H17NO7/c1-10(19)24-7-6-18-15(20)9-25-14-8-13(17(22)23)16(21)12-5-3-2-4-11(12)14/h2-5,8,21H,6-7,9H2,1H3,(H,18,20)(H,22,23). The lowest BCUT2D eigenvalue weighted by Gasteiger charge is -2.12. The average Bonchev–Trinajstić information content (AvgIpc) is 2.58. The van der Waals surface area contributed by atoms with Gasteiger partial charge in [-0.1, -0.05) is 24.3 Å². The summed E-state index contributed by atoms with van der Waals surface area (Å²) < 4.78 is 10.1. The van der Waals surface area contributed by atoms with Crippen LogP contribution < -0.4 is 10.1 Å². The number of nitrogens with one attached hydrogen (secondary N) is 1. The molecule has 0 aliphatic carbocycles. The van der Waals surface area contributed by atoms with Crippen molar-refractivity contribution in [3.05, 3.63) is 35.9 Å². The molecule has 8 heteroatoms. The number of fused-ring (bicyclic) bond motifs is 1. The molecular weight excluding hydrogens is 330 g/mol. The van der Waals surface area contributed by atoms with Gasteiger partial charge in [-0.05, 0) is 6.07 Å². The van der Waals surface area contributed by atoms with Crippen LogP contribution in [0.15, 0.2) is 30.3 Å². The number of ether oxygens (including phenoxy) is 2. The molecule has 2 aromatic carbocycles. The summed E-state index contributed by atoms with van der Waals surface area (Å²) in [7, 11) is 0. The number of rotatable bonds is 7. The van der Waals surface area contributed by atoms with Gasteiger partial charge in [-0.3, -0.25) is 9.59 Å². The lowest BCUT2D eigenvalue weighted by molar-refractivity contribution is -0.141. The zero-order chi connectivity index (χ0) is 18.4. The number of carbonyl (C=O) groups is 3. The van der Waals surface area contributed by atoms with Crippen molar-refractivity contribution >= 4 is 28.6 Å². The Balaban J connectivity index is 2.10. The lowest BCUT2D eigenvalue weighted by atomic mass is 10.0. The highest BCUT2D eigenvalue weighted by molar-refractivity contribution is 6.03. The van der Waals surface area contributed by atoms with Crippen molar-refractivity contribution < 1.29 is 34.1 Å². The molecule has 0 spiro atoms. The van der Waals surface area contributed by atoms with E-state index in [4.69, 9.17) is 4.74 Å². The number of esters is 1. The maximum Gasteiger partial charge on any atom is 0.339 e. The molecular formula is C17H17NO7. The van der Waals surface area contributed by atoms with E-state index in [1.54, 1.807) is 24.3 Å². The molecule has 3 N–H and O–H groups in total. The molecule has 0 aliphatic rings. The molecule has 0 heterocycles. The monoisotopic (exact) mass is 347 g/mol. The minimum absolute atomic E-state index is 0.0480. The van der Waals surface area contributed by atoms with Gasteiger partial charge < -0.3 is 25.0 Å². The molecule has 8 nitrogen and oxygen atoms in total. The topological polar surface area (TPSA) is 122 Å². The molecule has 25 heavy (non-hydrogen) atoms. The summed E-state index contributed by atoms with van der Waals surface area (Å²) in [6.07, 6.45) is 0. The number of carboxylic acid groups (broad SMARTS) is 1. The number of aromatic carboxylic acids is 1. The van der Waals surface area contributed by atoms with E-state index in [-0.39, 0.29) is 36.8 Å². The highest BCUT2D eigenvalue weighted by Gasteiger charge is 2.17. The number of carboxylic acids is 1. The van der Waals surface area contributed by atoms with Crippen molar-refractivity contribution in [2.75, 3.05) is 19.8 Å². The second-order valence-corrected chi connectivity index (χ2v) is 5.10. The van der Waals surface area contributed by atoms with E-state index in [9.17, 15) is 24.6 Å². The van der Waals surface area contributed by atoms with Crippen LogP contribution in [0.4, 0.5) is 0 Å². The fraction of sp³-hybridized carbons (Fsp3) is 0.235. The molecule has 2 rings (SSSR count). The zero-order valence-corrected chi connectivity index (χ0v) is 13.4. The number of amides is 1. The summed E-state index contributed by atoms with van der Waals surface area (Å²) >= 11 is 0. The van der Waals surface area contributed by atoms with Gasteiger partial charge >= 0.3 is 11.9 Å². The Morgan fingerprint density at radius 3 is 2.48 bits per heavy atom. The van der Waals surface area contributed by atoms with E-state index < -0.39 is 17.8 Å². The first-order valence-electron chi connectivity index (χ1n) is 7.41. The van der Waals surface area contributed by atoms with Gasteiger partial charge in [0.15, 0.2) is 6.61 Å². The van der Waals surface area contributed by atoms with Gasteiger partial charge in [0.2, 0.25) is 0 Å². The van der Waals surface area contributed by atoms with E-state index >= 15 is 0 Å². The van der Waals surface area contributed by atoms with Gasteiger partial charge in [-0.15, -0.1) is 0 Å². The van der Waals surface area contributed by atoms with Crippen LogP contribution in [0.5, 0.6) is 11.5 Å². The molecule has 132 valence electrons. The van der Waals surface area contributed by atoms with E-state index in [2.05, 4.69) is 10.1 Å². The van der Waals surface area contributed by atoms with Crippen LogP contribution in [0, 0.1) is 0 Å². The van der Waals surface area contributed by atoms with Gasteiger partial charge in [0.25, 0.3) is 5.91 Å². The maximum atomic E-state index is 11.7. The summed E-state index contributed by atoms with van der Waals surface area (Å²) in [6, 6.07) is 7.73. The third kappa shape index (κ3) is 4.60. The third-order valence-corrected chi connectivity index (χ3v) is 3.30. The quantitative estimate of drug-likeness (QED) is 0.510. The summed E-state index contributed by atoms with van der Waals surface area (Å²) in [5.41, 5.74) is -0.316. The van der Waals surface area contributed by atoms with Gasteiger partial charge in [-0.25, -0.2) is 4.79 Å². The average molecular weight is 347 g/mol. The van der Waals surface area contributed by atoms with Crippen molar-refractivity contribution in [1.82, 2.24) is 5.32 Å². The fourth-order valence-corrected chi connectivity index (χ4v) is 2.19. The van der Waals surface area contributed by atoms with Gasteiger partial charge in [0.1, 0.15) is 23.7 Å². The second kappa shape index (κ2) is 8.00. The lowest BCUT2D eigenvalue weighted by Crippen LogP contribution is -2.32. The Hall–Kier alpha value is -3.29. The SMILES string of the molecule is CC(=O)OCCNC(=O)COc1cc(C(=O)O)c(O)c2ccccc12. The first-order valence-corrected chi connectivity index (χ1v) is 7.41. The van der Waals surface area contributed by atoms with Crippen LogP contribution in [0.25, 0.3) is 10.8 Å². The Bertz CT molecular complexity index is 816. The molecule has 0 atom stereocenters. The van der Waals surface area contributed by atoms with Crippen molar-refractivity contribution in [2.45, 2.75) is 6.92 Å². The Kier molecular flexibility index (Phi) is 5.78. The molecule has 2 aromatic rings. The summed E-state index contributed by atoms with van der Waals surface area (Å²) in [5, 5.41) is 22.5. The molecule has 0 unspecified atom stereocenters. The van der Waals surface area contributed by atoms with Crippen LogP contribution in [-0.4, -0.2) is 47.8 Å². The fourth-order valence-electron chi connectivity index (χ4n) is 2.19. The summed E-state index contributed by atoms with van der Waals surface area (Å²) in [6.45, 7) is 1.10. The van der Waals surface area contributed by atoms with E-state index in [1.807, 2.05) is 0 Å². The van der Waals surface area contributed by atoms with Gasteiger partial charge in [0, 0.05) is 17.7 Å². The van der Waals surface area contributed by atoms with Crippen LogP contribution in [-0.2, 0) is 14.3 Å². The highest BCUT2D eigenvalue weighted by Crippen LogP contribution is 2.35. The van der Waals surface area contributed by atoms with E-state index in [1.165, 1.54) is 13.0 Å². The number of phenols is 1. The molecule has 0 fully saturated rings. The minimum Gasteiger partial charge on any atom is -0.506 e. The maximum absolute atomic E-state index is 11.7. The van der Waals surface area contributed by atoms with Crippen LogP contribution >= 0.6 is 0 Å². The number of aromatic hydroxyl groups is 1. The summed E-state index contributed by atoms with van der Waals surface area (Å²) in [4.78, 5) is 33.6. The summed E-state index contributed by atoms with van der Waals surface area (Å²) in [5.74, 6) is -2.40. The van der Waals surface area contributed by atoms with Gasteiger partial charge in [0.05, 0.1) is 6.54 Å². The number of hydrogen-bond acceptors (Lipinski definition) is 6. The molecule has 1 amide bonds. The van der Waals surface area contributed by atoms with E-state index in [0.29, 0.717) is 10.8 Å². The van der Waals surface area contributed by atoms with Crippen LogP contribution in [0.3, 0.4) is 0 Å². The van der Waals surface area contributed by atoms with Crippen molar-refractivity contribution in [2.24, 2.45) is 0 Å². The van der Waals surface area contributed by atoms with Crippen molar-refractivity contribution in [1.29, 1.82) is 0 Å². The predicted octanol–water partition coefficient (Wildman–Crippen LogP) is 1.30. The normalized spacial score (nSPS) is 10.3. The Morgan fingerprint density at radius 1 is 1.16 bits per heavy atom. The van der Waals surface area contributed by atoms with E-state index in [0.717, 1.165) is 0 Å². The molecule has 0 bridgehead atoms. The first kappa shape index (κ1) is 18.1. The first-order chi connectivity index (χ1) is 11.9. The third-order valence-electron chi connectivity index (χ3n) is 3.30. The number of benzene rings is 2. The Morgan fingerprint density at radius 2 is 1.84 bits per heavy atom. The molecule has 0 aromatic heterocycles. The Labute approximate surface area is 143 Å². The highest BCUT2D eigenvalue weighted by atomic mass is 16.5. The predicted molar refractivity (Wildman–Crippen MR) is 87.7 cm³/mol. The largest absolute Gasteiger partial charge is 0.506 e. The number of hydrogen-bond donors (Lipinski definition) is 3. The second-order valence-electron chi connectivity index (χ2n) is 5.10. The van der Waals surface area contributed by atoms with Crippen LogP contribution in [0.1, 0.15) is 17.3 Å².